The van der Waals surface area contributed by atoms with E-state index in [2.05, 4.69) is 10.6 Å². The molecule has 0 unspecified atom stereocenters. The van der Waals surface area contributed by atoms with E-state index in [9.17, 15) is 22.8 Å². The van der Waals surface area contributed by atoms with Gasteiger partial charge in [-0.05, 0) is 36.7 Å². The number of benzene rings is 1. The number of thioether (sulfide) groups is 1. The number of carbonyl (C=O) groups is 3. The van der Waals surface area contributed by atoms with E-state index in [-0.39, 0.29) is 30.5 Å². The van der Waals surface area contributed by atoms with Crippen LogP contribution in [0.5, 0.6) is 0 Å². The molecule has 4 N–H and O–H groups in total. The Morgan fingerprint density at radius 1 is 1.40 bits per heavy atom. The second-order valence-electron chi connectivity index (χ2n) is 7.00. The monoisotopic (exact) mass is 472 g/mol. The number of primary sulfonamides is 1. The Morgan fingerprint density at radius 3 is 2.83 bits per heavy atom. The van der Waals surface area contributed by atoms with Gasteiger partial charge in [0.2, 0.25) is 15.9 Å². The second kappa shape index (κ2) is 9.38. The van der Waals surface area contributed by atoms with Gasteiger partial charge >= 0.3 is 0 Å². The molecule has 1 aromatic rings. The Bertz CT molecular complexity index is 1010. The molecule has 0 saturated carbocycles. The predicted molar refractivity (Wildman–Crippen MR) is 117 cm³/mol. The minimum atomic E-state index is -3.58. The van der Waals surface area contributed by atoms with Gasteiger partial charge in [0, 0.05) is 31.1 Å². The van der Waals surface area contributed by atoms with E-state index in [1.807, 2.05) is 11.0 Å². The van der Waals surface area contributed by atoms with Crippen LogP contribution in [0.25, 0.3) is 6.08 Å². The molecule has 30 heavy (non-hydrogen) atoms. The quantitative estimate of drug-likeness (QED) is 0.510. The summed E-state index contributed by atoms with van der Waals surface area (Å²) in [5, 5.41) is 10.2. The fourth-order valence-electron chi connectivity index (χ4n) is 3.36. The number of hydrogen-bond donors (Lipinski definition) is 3. The molecule has 3 rings (SSSR count). The highest BCUT2D eigenvalue weighted by molar-refractivity contribution is 8.18. The van der Waals surface area contributed by atoms with Crippen LogP contribution in [0.2, 0.25) is 5.02 Å². The Hall–Kier alpha value is -2.08. The summed E-state index contributed by atoms with van der Waals surface area (Å²) in [5.41, 5.74) is 1.43. The summed E-state index contributed by atoms with van der Waals surface area (Å²) in [7, 11) is -3.58. The summed E-state index contributed by atoms with van der Waals surface area (Å²) in [4.78, 5) is 37.7. The largest absolute Gasteiger partial charge is 0.368 e. The van der Waals surface area contributed by atoms with Crippen LogP contribution in [-0.2, 0) is 19.6 Å². The van der Waals surface area contributed by atoms with Crippen molar-refractivity contribution in [3.05, 3.63) is 33.7 Å². The molecule has 3 amide bonds. The first-order chi connectivity index (χ1) is 14.1. The number of hydrogen-bond acceptors (Lipinski definition) is 7. The number of halogens is 1. The number of anilines is 1. The number of sulfonamides is 1. The van der Waals surface area contributed by atoms with Gasteiger partial charge < -0.3 is 10.2 Å². The molecule has 0 aromatic heterocycles. The second-order valence-corrected chi connectivity index (χ2v) is 10.2. The lowest BCUT2D eigenvalue weighted by Gasteiger charge is -2.23. The number of imide groups is 1. The van der Waals surface area contributed by atoms with Crippen molar-refractivity contribution in [1.82, 2.24) is 10.6 Å². The lowest BCUT2D eigenvalue weighted by Crippen LogP contribution is -2.37. The van der Waals surface area contributed by atoms with Crippen molar-refractivity contribution in [2.75, 3.05) is 23.7 Å². The van der Waals surface area contributed by atoms with E-state index >= 15 is 0 Å². The maximum Gasteiger partial charge on any atom is 0.290 e. The molecular formula is C18H21ClN4O5S2. The SMILES string of the molecule is NS(=O)(=O)CCCC(=O)N[C@H]1CCN(c2c(Cl)cccc2C=C2SC(=O)NC2=O)C1. The Labute approximate surface area is 183 Å². The van der Waals surface area contributed by atoms with Crippen molar-refractivity contribution in [2.24, 2.45) is 5.14 Å². The number of rotatable bonds is 7. The first kappa shape index (κ1) is 22.6. The zero-order valence-corrected chi connectivity index (χ0v) is 18.3. The van der Waals surface area contributed by atoms with Crippen LogP contribution in [-0.4, -0.2) is 50.4 Å². The highest BCUT2D eigenvalue weighted by atomic mass is 35.5. The molecule has 2 aliphatic heterocycles. The van der Waals surface area contributed by atoms with Gasteiger partial charge in [0.1, 0.15) is 0 Å². The highest BCUT2D eigenvalue weighted by Gasteiger charge is 2.29. The molecule has 12 heteroatoms. The molecule has 2 aliphatic rings. The van der Waals surface area contributed by atoms with Gasteiger partial charge in [-0.3, -0.25) is 19.7 Å². The summed E-state index contributed by atoms with van der Waals surface area (Å²) in [5.74, 6) is -0.908. The van der Waals surface area contributed by atoms with Crippen LogP contribution in [0, 0.1) is 0 Å². The molecule has 0 radical (unpaired) electrons. The fraction of sp³-hybridized carbons (Fsp3) is 0.389. The Morgan fingerprint density at radius 2 is 2.17 bits per heavy atom. The number of nitrogens with zero attached hydrogens (tertiary/aromatic N) is 1. The number of nitrogens with one attached hydrogen (secondary N) is 2. The third-order valence-electron chi connectivity index (χ3n) is 4.65. The third kappa shape index (κ3) is 5.97. The average Bonchev–Trinajstić information content (AvgIpc) is 3.20. The minimum absolute atomic E-state index is 0.0801. The van der Waals surface area contributed by atoms with Crippen molar-refractivity contribution >= 4 is 62.2 Å². The van der Waals surface area contributed by atoms with Crippen LogP contribution in [0.15, 0.2) is 23.1 Å². The molecule has 0 bridgehead atoms. The minimum Gasteiger partial charge on any atom is -0.368 e. The van der Waals surface area contributed by atoms with Crippen molar-refractivity contribution < 1.29 is 22.8 Å². The summed E-state index contributed by atoms with van der Waals surface area (Å²) in [6.07, 6.45) is 2.57. The van der Waals surface area contributed by atoms with Crippen molar-refractivity contribution in [3.63, 3.8) is 0 Å². The lowest BCUT2D eigenvalue weighted by molar-refractivity contribution is -0.121. The zero-order chi connectivity index (χ0) is 21.9. The fourth-order valence-corrected chi connectivity index (χ4v) is 4.88. The lowest BCUT2D eigenvalue weighted by atomic mass is 10.1. The van der Waals surface area contributed by atoms with Crippen molar-refractivity contribution in [2.45, 2.75) is 25.3 Å². The van der Waals surface area contributed by atoms with Gasteiger partial charge in [-0.2, -0.15) is 0 Å². The number of amides is 3. The maximum atomic E-state index is 12.1. The molecule has 1 atom stereocenters. The van der Waals surface area contributed by atoms with Crippen LogP contribution in [0.1, 0.15) is 24.8 Å². The van der Waals surface area contributed by atoms with E-state index in [1.54, 1.807) is 18.2 Å². The molecule has 1 aromatic carbocycles. The van der Waals surface area contributed by atoms with Crippen LogP contribution >= 0.6 is 23.4 Å². The first-order valence-corrected chi connectivity index (χ1v) is 12.1. The average molecular weight is 473 g/mol. The predicted octanol–water partition coefficient (Wildman–Crippen LogP) is 1.43. The molecule has 2 fully saturated rings. The number of para-hydroxylation sites is 1. The Balaban J connectivity index is 1.66. The van der Waals surface area contributed by atoms with Gasteiger partial charge in [0.05, 0.1) is 21.4 Å². The van der Waals surface area contributed by atoms with Crippen molar-refractivity contribution in [1.29, 1.82) is 0 Å². The standard InChI is InChI=1S/C18H21ClN4O5S2/c19-13-4-1-3-11(9-14-17(25)22-18(26)29-14)16(13)23-7-6-12(10-23)21-15(24)5-2-8-30(20,27)28/h1,3-4,9,12H,2,5-8,10H2,(H,21,24)(H2,20,27,28)(H,22,25,26)/t12-/m0/s1. The first-order valence-electron chi connectivity index (χ1n) is 9.20. The zero-order valence-electron chi connectivity index (χ0n) is 15.9. The van der Waals surface area contributed by atoms with Crippen LogP contribution < -0.4 is 20.7 Å². The molecule has 2 saturated heterocycles. The van der Waals surface area contributed by atoms with Gasteiger partial charge in [-0.25, -0.2) is 13.6 Å². The maximum absolute atomic E-state index is 12.1. The third-order valence-corrected chi connectivity index (χ3v) is 6.62. The van der Waals surface area contributed by atoms with E-state index in [4.69, 9.17) is 16.7 Å². The molecular weight excluding hydrogens is 452 g/mol. The summed E-state index contributed by atoms with van der Waals surface area (Å²) in [6.45, 7) is 1.15. The summed E-state index contributed by atoms with van der Waals surface area (Å²) in [6, 6.07) is 5.20. The van der Waals surface area contributed by atoms with Crippen molar-refractivity contribution in [3.8, 4) is 0 Å². The molecule has 2 heterocycles. The molecule has 9 nitrogen and oxygen atoms in total. The van der Waals surface area contributed by atoms with Gasteiger partial charge in [0.25, 0.3) is 11.1 Å². The smallest absolute Gasteiger partial charge is 0.290 e. The number of carbonyl (C=O) groups excluding carboxylic acids is 3. The molecule has 0 spiro atoms. The van der Waals surface area contributed by atoms with Gasteiger partial charge in [-0.15, -0.1) is 0 Å². The Kier molecular flexibility index (Phi) is 7.06. The van der Waals surface area contributed by atoms with Gasteiger partial charge in [-0.1, -0.05) is 23.7 Å². The summed E-state index contributed by atoms with van der Waals surface area (Å²) >= 11 is 7.26. The normalized spacial score (nSPS) is 20.7. The molecule has 162 valence electrons. The molecule has 0 aliphatic carbocycles. The highest BCUT2D eigenvalue weighted by Crippen LogP contribution is 2.36. The van der Waals surface area contributed by atoms with Crippen LogP contribution in [0.4, 0.5) is 10.5 Å². The van der Waals surface area contributed by atoms with Gasteiger partial charge in [0.15, 0.2) is 0 Å². The number of nitrogens with two attached hydrogens (primary N) is 1. The van der Waals surface area contributed by atoms with Crippen LogP contribution in [0.3, 0.4) is 0 Å². The van der Waals surface area contributed by atoms with E-state index in [0.29, 0.717) is 35.0 Å². The topological polar surface area (TPSA) is 139 Å². The summed E-state index contributed by atoms with van der Waals surface area (Å²) < 4.78 is 21.9. The van der Waals surface area contributed by atoms with E-state index < -0.39 is 21.2 Å². The van der Waals surface area contributed by atoms with E-state index in [0.717, 1.165) is 17.4 Å². The van der Waals surface area contributed by atoms with E-state index in [1.165, 1.54) is 0 Å².